The molecule has 1 unspecified atom stereocenters. The van der Waals surface area contributed by atoms with Crippen LogP contribution in [-0.4, -0.2) is 38.9 Å². The largest absolute Gasteiger partial charge is 0.494 e. The molecule has 0 spiro atoms. The summed E-state index contributed by atoms with van der Waals surface area (Å²) in [5.74, 6) is 0.0368. The van der Waals surface area contributed by atoms with Gasteiger partial charge < -0.3 is 19.7 Å². The number of methoxy groups -OCH3 is 1. The first-order valence-electron chi connectivity index (χ1n) is 11.3. The summed E-state index contributed by atoms with van der Waals surface area (Å²) in [7, 11) is 1.66. The third-order valence-electron chi connectivity index (χ3n) is 5.97. The number of amides is 1. The zero-order valence-corrected chi connectivity index (χ0v) is 19.2. The average Bonchev–Trinajstić information content (AvgIpc) is 2.82. The van der Waals surface area contributed by atoms with Gasteiger partial charge in [-0.3, -0.25) is 4.79 Å². The van der Waals surface area contributed by atoms with Gasteiger partial charge in [-0.05, 0) is 55.4 Å². The van der Waals surface area contributed by atoms with Crippen LogP contribution in [0.1, 0.15) is 56.2 Å². The molecule has 1 atom stereocenters. The highest BCUT2D eigenvalue weighted by atomic mass is 19.4. The molecule has 1 amide bonds. The Morgan fingerprint density at radius 2 is 1.82 bits per heavy atom. The first kappa shape index (κ1) is 24.7. The topological polar surface area (TPSA) is 50.8 Å². The quantitative estimate of drug-likeness (QED) is 0.552. The highest BCUT2D eigenvalue weighted by molar-refractivity contribution is 5.82. The minimum absolute atomic E-state index is 0.369. The molecule has 0 aromatic heterocycles. The van der Waals surface area contributed by atoms with Crippen LogP contribution in [0.3, 0.4) is 0 Å². The summed E-state index contributed by atoms with van der Waals surface area (Å²) in [5, 5.41) is 1.99. The molecule has 1 N–H and O–H groups in total. The molecule has 0 radical (unpaired) electrons. The molecule has 1 fully saturated rings. The summed E-state index contributed by atoms with van der Waals surface area (Å²) in [6, 6.07) is 12.7. The third kappa shape index (κ3) is 6.33. The van der Waals surface area contributed by atoms with Crippen molar-refractivity contribution >= 4 is 11.6 Å². The Balaban J connectivity index is 1.59. The second-order valence-electron chi connectivity index (χ2n) is 8.30. The van der Waals surface area contributed by atoms with Gasteiger partial charge in [0.05, 0.1) is 25.4 Å². The molecule has 1 aliphatic rings. The van der Waals surface area contributed by atoms with Crippen molar-refractivity contribution in [1.29, 1.82) is 0 Å². The Morgan fingerprint density at radius 3 is 2.39 bits per heavy atom. The zero-order chi connectivity index (χ0) is 24.0. The van der Waals surface area contributed by atoms with Crippen molar-refractivity contribution in [1.82, 2.24) is 5.32 Å². The molecule has 0 aliphatic carbocycles. The van der Waals surface area contributed by atoms with E-state index in [1.807, 2.05) is 35.6 Å². The summed E-state index contributed by atoms with van der Waals surface area (Å²) in [5.41, 5.74) is 2.84. The standard InChI is InChI=1S/C25H31F3N2O3/c1-4-15-33-21-9-10-22(23(16-21)32-3)30-13-11-20(12-14-30)19-7-5-18(6-8-19)17(2)29-24(31)25(26,27)28/h5-10,16-17,20H,4,11-15H2,1-3H3,(H,29,31). The highest BCUT2D eigenvalue weighted by Gasteiger charge is 2.39. The van der Waals surface area contributed by atoms with Crippen LogP contribution < -0.4 is 19.7 Å². The molecule has 8 heteroatoms. The molecule has 5 nitrogen and oxygen atoms in total. The number of carbonyl (C=O) groups is 1. The Hall–Kier alpha value is -2.90. The lowest BCUT2D eigenvalue weighted by atomic mass is 9.88. The number of piperidine rings is 1. The van der Waals surface area contributed by atoms with Gasteiger partial charge in [-0.25, -0.2) is 0 Å². The van der Waals surface area contributed by atoms with Crippen LogP contribution in [0.2, 0.25) is 0 Å². The minimum Gasteiger partial charge on any atom is -0.494 e. The Bertz CT molecular complexity index is 923. The smallest absolute Gasteiger partial charge is 0.471 e. The maximum atomic E-state index is 12.5. The number of halogens is 3. The van der Waals surface area contributed by atoms with E-state index in [-0.39, 0.29) is 0 Å². The van der Waals surface area contributed by atoms with Crippen LogP contribution in [-0.2, 0) is 4.79 Å². The second-order valence-corrected chi connectivity index (χ2v) is 8.30. The number of nitrogens with one attached hydrogen (secondary N) is 1. The molecule has 2 aromatic rings. The Kier molecular flexibility index (Phi) is 8.10. The van der Waals surface area contributed by atoms with E-state index < -0.39 is 18.1 Å². The number of hydrogen-bond acceptors (Lipinski definition) is 4. The number of carbonyl (C=O) groups excluding carboxylic acids is 1. The van der Waals surface area contributed by atoms with E-state index in [1.165, 1.54) is 0 Å². The number of hydrogen-bond donors (Lipinski definition) is 1. The fourth-order valence-electron chi connectivity index (χ4n) is 4.10. The van der Waals surface area contributed by atoms with E-state index in [0.717, 1.165) is 55.1 Å². The van der Waals surface area contributed by atoms with E-state index in [4.69, 9.17) is 9.47 Å². The van der Waals surface area contributed by atoms with Gasteiger partial charge in [0.25, 0.3) is 0 Å². The zero-order valence-electron chi connectivity index (χ0n) is 19.2. The second kappa shape index (κ2) is 10.8. The first-order valence-corrected chi connectivity index (χ1v) is 11.3. The number of ether oxygens (including phenoxy) is 2. The molecule has 1 aliphatic heterocycles. The van der Waals surface area contributed by atoms with Crippen LogP contribution in [0.4, 0.5) is 18.9 Å². The summed E-state index contributed by atoms with van der Waals surface area (Å²) in [6.45, 7) is 6.02. The van der Waals surface area contributed by atoms with Crippen molar-refractivity contribution in [2.24, 2.45) is 0 Å². The summed E-state index contributed by atoms with van der Waals surface area (Å²) >= 11 is 0. The van der Waals surface area contributed by atoms with Gasteiger partial charge in [-0.2, -0.15) is 13.2 Å². The van der Waals surface area contributed by atoms with Gasteiger partial charge in [0.2, 0.25) is 0 Å². The fraction of sp³-hybridized carbons (Fsp3) is 0.480. The summed E-state index contributed by atoms with van der Waals surface area (Å²) < 4.78 is 48.7. The van der Waals surface area contributed by atoms with E-state index >= 15 is 0 Å². The van der Waals surface area contributed by atoms with Crippen molar-refractivity contribution in [3.05, 3.63) is 53.6 Å². The maximum Gasteiger partial charge on any atom is 0.471 e. The van der Waals surface area contributed by atoms with Crippen LogP contribution in [0.15, 0.2) is 42.5 Å². The van der Waals surface area contributed by atoms with Crippen molar-refractivity contribution in [2.75, 3.05) is 31.7 Å². The van der Waals surface area contributed by atoms with E-state index in [9.17, 15) is 18.0 Å². The van der Waals surface area contributed by atoms with Crippen molar-refractivity contribution in [3.8, 4) is 11.5 Å². The highest BCUT2D eigenvalue weighted by Crippen LogP contribution is 2.37. The van der Waals surface area contributed by atoms with E-state index in [1.54, 1.807) is 26.2 Å². The predicted molar refractivity (Wildman–Crippen MR) is 122 cm³/mol. The Morgan fingerprint density at radius 1 is 1.15 bits per heavy atom. The van der Waals surface area contributed by atoms with Crippen molar-refractivity contribution in [3.63, 3.8) is 0 Å². The van der Waals surface area contributed by atoms with Gasteiger partial charge in [-0.1, -0.05) is 31.2 Å². The number of benzene rings is 2. The molecule has 1 heterocycles. The molecule has 2 aromatic carbocycles. The molecule has 3 rings (SSSR count). The fourth-order valence-corrected chi connectivity index (χ4v) is 4.10. The number of alkyl halides is 3. The number of rotatable bonds is 8. The molecule has 33 heavy (non-hydrogen) atoms. The summed E-state index contributed by atoms with van der Waals surface area (Å²) in [6.07, 6.45) is -2.03. The molecular weight excluding hydrogens is 433 g/mol. The Labute approximate surface area is 192 Å². The predicted octanol–water partition coefficient (Wildman–Crippen LogP) is 5.61. The van der Waals surface area contributed by atoms with Crippen molar-refractivity contribution < 1.29 is 27.4 Å². The van der Waals surface area contributed by atoms with Crippen molar-refractivity contribution in [2.45, 2.75) is 51.2 Å². The minimum atomic E-state index is -4.88. The van der Waals surface area contributed by atoms with Crippen LogP contribution in [0, 0.1) is 0 Å². The maximum absolute atomic E-state index is 12.5. The van der Waals surface area contributed by atoms with Crippen LogP contribution in [0.25, 0.3) is 0 Å². The molecule has 0 bridgehead atoms. The van der Waals surface area contributed by atoms with Gasteiger partial charge in [0.15, 0.2) is 0 Å². The summed E-state index contributed by atoms with van der Waals surface area (Å²) in [4.78, 5) is 13.5. The normalized spacial score (nSPS) is 15.8. The van der Waals surface area contributed by atoms with Gasteiger partial charge in [-0.15, -0.1) is 0 Å². The lowest BCUT2D eigenvalue weighted by Crippen LogP contribution is -2.38. The lowest BCUT2D eigenvalue weighted by molar-refractivity contribution is -0.174. The molecule has 1 saturated heterocycles. The van der Waals surface area contributed by atoms with Crippen LogP contribution in [0.5, 0.6) is 11.5 Å². The lowest BCUT2D eigenvalue weighted by Gasteiger charge is -2.34. The molecular formula is C25H31F3N2O3. The average molecular weight is 465 g/mol. The van der Waals surface area contributed by atoms with E-state index in [0.29, 0.717) is 18.1 Å². The van der Waals surface area contributed by atoms with Gasteiger partial charge in [0.1, 0.15) is 11.5 Å². The van der Waals surface area contributed by atoms with Gasteiger partial charge >= 0.3 is 12.1 Å². The molecule has 0 saturated carbocycles. The SMILES string of the molecule is CCCOc1ccc(N2CCC(c3ccc(C(C)NC(=O)C(F)(F)F)cc3)CC2)c(OC)c1. The number of anilines is 1. The third-order valence-corrected chi connectivity index (χ3v) is 5.97. The van der Waals surface area contributed by atoms with Crippen LogP contribution >= 0.6 is 0 Å². The molecule has 180 valence electrons. The van der Waals surface area contributed by atoms with Gasteiger partial charge in [0, 0.05) is 19.2 Å². The van der Waals surface area contributed by atoms with E-state index in [2.05, 4.69) is 11.8 Å². The first-order chi connectivity index (χ1) is 15.7. The monoisotopic (exact) mass is 464 g/mol. The number of nitrogens with zero attached hydrogens (tertiary/aromatic N) is 1.